The SMILES string of the molecule is Cn1cncc1CNc1ccc(N2CCCC2)c(F)c1. The lowest BCUT2D eigenvalue weighted by Gasteiger charge is -2.19. The van der Waals surface area contributed by atoms with E-state index in [0.29, 0.717) is 12.2 Å². The van der Waals surface area contributed by atoms with Gasteiger partial charge in [-0.05, 0) is 31.0 Å². The molecule has 0 radical (unpaired) electrons. The molecular weight excluding hydrogens is 255 g/mol. The van der Waals surface area contributed by atoms with Gasteiger partial charge in [0, 0.05) is 32.0 Å². The molecular formula is C15H19FN4. The Kier molecular flexibility index (Phi) is 3.58. The molecule has 0 amide bonds. The van der Waals surface area contributed by atoms with Gasteiger partial charge in [-0.1, -0.05) is 0 Å². The third-order valence-electron chi connectivity index (χ3n) is 3.78. The van der Waals surface area contributed by atoms with Gasteiger partial charge in [0.15, 0.2) is 0 Å². The molecule has 2 heterocycles. The number of hydrogen-bond donors (Lipinski definition) is 1. The highest BCUT2D eigenvalue weighted by Gasteiger charge is 2.16. The molecule has 0 bridgehead atoms. The third kappa shape index (κ3) is 2.61. The molecule has 1 fully saturated rings. The number of nitrogens with zero attached hydrogens (tertiary/aromatic N) is 3. The number of nitrogens with one attached hydrogen (secondary N) is 1. The fourth-order valence-electron chi connectivity index (χ4n) is 2.58. The molecule has 20 heavy (non-hydrogen) atoms. The second kappa shape index (κ2) is 5.53. The monoisotopic (exact) mass is 274 g/mol. The van der Waals surface area contributed by atoms with Crippen molar-refractivity contribution >= 4 is 11.4 Å². The summed E-state index contributed by atoms with van der Waals surface area (Å²) >= 11 is 0. The van der Waals surface area contributed by atoms with Gasteiger partial charge >= 0.3 is 0 Å². The van der Waals surface area contributed by atoms with Crippen LogP contribution in [0.5, 0.6) is 0 Å². The first-order valence-electron chi connectivity index (χ1n) is 6.97. The number of anilines is 2. The lowest BCUT2D eigenvalue weighted by atomic mass is 10.2. The van der Waals surface area contributed by atoms with Crippen LogP contribution in [0.2, 0.25) is 0 Å². The second-order valence-electron chi connectivity index (χ2n) is 5.21. The van der Waals surface area contributed by atoms with Crippen LogP contribution in [0.25, 0.3) is 0 Å². The van der Waals surface area contributed by atoms with Crippen molar-refractivity contribution in [1.82, 2.24) is 9.55 Å². The van der Waals surface area contributed by atoms with Crippen molar-refractivity contribution in [1.29, 1.82) is 0 Å². The fraction of sp³-hybridized carbons (Fsp3) is 0.400. The van der Waals surface area contributed by atoms with Gasteiger partial charge in [0.25, 0.3) is 0 Å². The van der Waals surface area contributed by atoms with Crippen molar-refractivity contribution in [3.8, 4) is 0 Å². The summed E-state index contributed by atoms with van der Waals surface area (Å²) in [6.45, 7) is 2.55. The zero-order valence-corrected chi connectivity index (χ0v) is 11.6. The third-order valence-corrected chi connectivity index (χ3v) is 3.78. The van der Waals surface area contributed by atoms with Crippen LogP contribution in [0.1, 0.15) is 18.5 Å². The van der Waals surface area contributed by atoms with Crippen LogP contribution in [0.4, 0.5) is 15.8 Å². The molecule has 106 valence electrons. The lowest BCUT2D eigenvalue weighted by molar-refractivity contribution is 0.623. The maximum absolute atomic E-state index is 14.1. The number of hydrogen-bond acceptors (Lipinski definition) is 3. The topological polar surface area (TPSA) is 33.1 Å². The van der Waals surface area contributed by atoms with Crippen LogP contribution in [-0.4, -0.2) is 22.6 Å². The Bertz CT molecular complexity index is 587. The summed E-state index contributed by atoms with van der Waals surface area (Å²) in [5.74, 6) is -0.151. The summed E-state index contributed by atoms with van der Waals surface area (Å²) in [5, 5.41) is 3.23. The van der Waals surface area contributed by atoms with E-state index in [0.717, 1.165) is 37.3 Å². The molecule has 0 unspecified atom stereocenters. The largest absolute Gasteiger partial charge is 0.379 e. The van der Waals surface area contributed by atoms with Gasteiger partial charge < -0.3 is 14.8 Å². The molecule has 5 heteroatoms. The summed E-state index contributed by atoms with van der Waals surface area (Å²) in [5.41, 5.74) is 2.58. The average molecular weight is 274 g/mol. The number of imidazole rings is 1. The van der Waals surface area contributed by atoms with Gasteiger partial charge in [-0.2, -0.15) is 0 Å². The van der Waals surface area contributed by atoms with Crippen molar-refractivity contribution in [2.24, 2.45) is 7.05 Å². The minimum Gasteiger partial charge on any atom is -0.379 e. The van der Waals surface area contributed by atoms with Crippen molar-refractivity contribution in [2.45, 2.75) is 19.4 Å². The van der Waals surface area contributed by atoms with Crippen LogP contribution in [0.3, 0.4) is 0 Å². The minimum absolute atomic E-state index is 0.151. The molecule has 2 aromatic rings. The molecule has 1 aromatic heterocycles. The molecule has 0 atom stereocenters. The molecule has 4 nitrogen and oxygen atoms in total. The summed E-state index contributed by atoms with van der Waals surface area (Å²) < 4.78 is 16.1. The minimum atomic E-state index is -0.151. The summed E-state index contributed by atoms with van der Waals surface area (Å²) in [6.07, 6.45) is 5.87. The predicted molar refractivity (Wildman–Crippen MR) is 78.4 cm³/mol. The first-order chi connectivity index (χ1) is 9.74. The molecule has 1 aromatic carbocycles. The highest BCUT2D eigenvalue weighted by molar-refractivity contribution is 5.56. The van der Waals surface area contributed by atoms with Crippen molar-refractivity contribution in [3.05, 3.63) is 42.2 Å². The Morgan fingerprint density at radius 1 is 1.30 bits per heavy atom. The van der Waals surface area contributed by atoms with Crippen molar-refractivity contribution < 1.29 is 4.39 Å². The quantitative estimate of drug-likeness (QED) is 0.930. The van der Waals surface area contributed by atoms with Crippen molar-refractivity contribution in [3.63, 3.8) is 0 Å². The van der Waals surface area contributed by atoms with E-state index in [9.17, 15) is 4.39 Å². The van der Waals surface area contributed by atoms with Crippen LogP contribution >= 0.6 is 0 Å². The maximum atomic E-state index is 14.1. The zero-order chi connectivity index (χ0) is 13.9. The van der Waals surface area contributed by atoms with Gasteiger partial charge in [-0.25, -0.2) is 9.37 Å². The summed E-state index contributed by atoms with van der Waals surface area (Å²) in [7, 11) is 1.95. The normalized spacial score (nSPS) is 14.8. The Balaban J connectivity index is 1.69. The molecule has 0 spiro atoms. The van der Waals surface area contributed by atoms with Crippen molar-refractivity contribution in [2.75, 3.05) is 23.3 Å². The van der Waals surface area contributed by atoms with E-state index in [-0.39, 0.29) is 5.82 Å². The first-order valence-corrected chi connectivity index (χ1v) is 6.97. The van der Waals surface area contributed by atoms with E-state index >= 15 is 0 Å². The van der Waals surface area contributed by atoms with E-state index in [1.54, 1.807) is 12.4 Å². The number of aromatic nitrogens is 2. The van der Waals surface area contributed by atoms with E-state index in [1.807, 2.05) is 29.9 Å². The number of benzene rings is 1. The highest BCUT2D eigenvalue weighted by Crippen LogP contribution is 2.26. The molecule has 0 aliphatic carbocycles. The second-order valence-corrected chi connectivity index (χ2v) is 5.21. The highest BCUT2D eigenvalue weighted by atomic mass is 19.1. The number of halogens is 1. The lowest BCUT2D eigenvalue weighted by Crippen LogP contribution is -2.19. The molecule has 1 aliphatic rings. The standard InChI is InChI=1S/C15H19FN4/c1-19-11-17-9-13(19)10-18-12-4-5-15(14(16)8-12)20-6-2-3-7-20/h4-5,8-9,11,18H,2-3,6-7,10H2,1H3. The molecule has 1 saturated heterocycles. The maximum Gasteiger partial charge on any atom is 0.148 e. The van der Waals surface area contributed by atoms with E-state index in [1.165, 1.54) is 0 Å². The van der Waals surface area contributed by atoms with E-state index < -0.39 is 0 Å². The Morgan fingerprint density at radius 2 is 2.10 bits per heavy atom. The van der Waals surface area contributed by atoms with Crippen LogP contribution in [0.15, 0.2) is 30.7 Å². The molecule has 1 N–H and O–H groups in total. The average Bonchev–Trinajstić information content (AvgIpc) is 3.08. The fourth-order valence-corrected chi connectivity index (χ4v) is 2.58. The molecule has 0 saturated carbocycles. The summed E-state index contributed by atoms with van der Waals surface area (Å²) in [6, 6.07) is 5.38. The van der Waals surface area contributed by atoms with Gasteiger partial charge in [0.05, 0.1) is 24.3 Å². The number of aryl methyl sites for hydroxylation is 1. The van der Waals surface area contributed by atoms with Crippen LogP contribution in [0, 0.1) is 5.82 Å². The first kappa shape index (κ1) is 13.0. The zero-order valence-electron chi connectivity index (χ0n) is 11.6. The smallest absolute Gasteiger partial charge is 0.148 e. The van der Waals surface area contributed by atoms with Gasteiger partial charge in [-0.3, -0.25) is 0 Å². The number of rotatable bonds is 4. The Hall–Kier alpha value is -2.04. The van der Waals surface area contributed by atoms with Gasteiger partial charge in [-0.15, -0.1) is 0 Å². The van der Waals surface area contributed by atoms with Gasteiger partial charge in [0.1, 0.15) is 5.82 Å². The van der Waals surface area contributed by atoms with Crippen LogP contribution in [-0.2, 0) is 13.6 Å². The van der Waals surface area contributed by atoms with E-state index in [2.05, 4.69) is 15.2 Å². The predicted octanol–water partition coefficient (Wildman–Crippen LogP) is 2.77. The Morgan fingerprint density at radius 3 is 2.75 bits per heavy atom. The summed E-state index contributed by atoms with van der Waals surface area (Å²) in [4.78, 5) is 6.17. The van der Waals surface area contributed by atoms with E-state index in [4.69, 9.17) is 0 Å². The van der Waals surface area contributed by atoms with Crippen LogP contribution < -0.4 is 10.2 Å². The molecule has 1 aliphatic heterocycles. The Labute approximate surface area is 118 Å². The van der Waals surface area contributed by atoms with Gasteiger partial charge in [0.2, 0.25) is 0 Å². The molecule has 3 rings (SSSR count).